The van der Waals surface area contributed by atoms with Crippen molar-refractivity contribution in [3.05, 3.63) is 46.7 Å². The molecule has 2 aromatic rings. The number of amides is 1. The quantitative estimate of drug-likeness (QED) is 0.450. The molecule has 2 aliphatic rings. The van der Waals surface area contributed by atoms with Gasteiger partial charge in [0, 0.05) is 24.4 Å². The number of para-hydroxylation sites is 1. The average molecular weight is 521 g/mol. The van der Waals surface area contributed by atoms with Gasteiger partial charge in [-0.15, -0.1) is 11.8 Å². The van der Waals surface area contributed by atoms with Gasteiger partial charge in [0.25, 0.3) is 5.91 Å². The highest BCUT2D eigenvalue weighted by Crippen LogP contribution is 2.47. The third-order valence-electron chi connectivity index (χ3n) is 5.90. The number of thioether (sulfide) groups is 1. The van der Waals surface area contributed by atoms with Gasteiger partial charge in [0.2, 0.25) is 0 Å². The van der Waals surface area contributed by atoms with Crippen molar-refractivity contribution in [1.82, 2.24) is 4.90 Å². The molecule has 1 fully saturated rings. The topological polar surface area (TPSA) is 124 Å². The van der Waals surface area contributed by atoms with Gasteiger partial charge in [-0.3, -0.25) is 9.59 Å². The van der Waals surface area contributed by atoms with Crippen LogP contribution in [0.1, 0.15) is 37.0 Å². The summed E-state index contributed by atoms with van der Waals surface area (Å²) in [6, 6.07) is 10.5. The number of carboxylic acid groups (broad SMARTS) is 2. The van der Waals surface area contributed by atoms with Crippen molar-refractivity contribution in [1.29, 1.82) is 0 Å². The van der Waals surface area contributed by atoms with Crippen LogP contribution in [-0.2, 0) is 23.9 Å². The molecule has 0 bridgehead atoms. The number of fused-ring (bicyclic) bond motifs is 1. The summed E-state index contributed by atoms with van der Waals surface area (Å²) in [5, 5.41) is 18.6. The lowest BCUT2D eigenvalue weighted by Crippen LogP contribution is -2.44. The molecule has 3 heterocycles. The van der Waals surface area contributed by atoms with Crippen molar-refractivity contribution < 1.29 is 34.1 Å². The van der Waals surface area contributed by atoms with Gasteiger partial charge >= 0.3 is 17.9 Å². The molecule has 3 atom stereocenters. The summed E-state index contributed by atoms with van der Waals surface area (Å²) in [5.74, 6) is -4.20. The first-order valence-electron chi connectivity index (χ1n) is 11.1. The van der Waals surface area contributed by atoms with E-state index in [1.807, 2.05) is 39.9 Å². The minimum atomic E-state index is -1.82. The molecule has 0 spiro atoms. The molecule has 9 nitrogen and oxygen atoms in total. The number of hydrogen-bond acceptors (Lipinski definition) is 8. The molecule has 0 saturated carbocycles. The zero-order valence-corrected chi connectivity index (χ0v) is 21.1. The lowest BCUT2D eigenvalue weighted by molar-refractivity contribution is -0.159. The van der Waals surface area contributed by atoms with E-state index in [2.05, 4.69) is 18.0 Å². The molecule has 2 aliphatic heterocycles. The number of nitrogens with zero attached hydrogens (tertiary/aromatic N) is 2. The molecule has 1 aromatic heterocycles. The van der Waals surface area contributed by atoms with E-state index in [0.717, 1.165) is 29.1 Å². The Hall–Kier alpha value is -2.89. The van der Waals surface area contributed by atoms with Gasteiger partial charge in [-0.25, -0.2) is 9.59 Å². The Kier molecular flexibility index (Phi) is 9.30. The Morgan fingerprint density at radius 1 is 1.14 bits per heavy atom. The lowest BCUT2D eigenvalue weighted by Gasteiger charge is -2.29. The molecule has 4 rings (SSSR count). The van der Waals surface area contributed by atoms with Crippen molar-refractivity contribution in [2.24, 2.45) is 0 Å². The molecule has 35 heavy (non-hydrogen) atoms. The lowest BCUT2D eigenvalue weighted by atomic mass is 10.1. The van der Waals surface area contributed by atoms with E-state index in [0.29, 0.717) is 12.6 Å². The van der Waals surface area contributed by atoms with Gasteiger partial charge in [-0.1, -0.05) is 12.1 Å². The molecule has 1 unspecified atom stereocenters. The van der Waals surface area contributed by atoms with Crippen LogP contribution in [0.3, 0.4) is 0 Å². The third-order valence-corrected chi connectivity index (χ3v) is 7.97. The van der Waals surface area contributed by atoms with Crippen LogP contribution in [0, 0.1) is 0 Å². The number of esters is 1. The predicted molar refractivity (Wildman–Crippen MR) is 133 cm³/mol. The summed E-state index contributed by atoms with van der Waals surface area (Å²) in [6.07, 6.45) is 2.45. The summed E-state index contributed by atoms with van der Waals surface area (Å²) >= 11 is 3.20. The first kappa shape index (κ1) is 26.7. The summed E-state index contributed by atoms with van der Waals surface area (Å²) in [5.41, 5.74) is 1.94. The first-order valence-corrected chi connectivity index (χ1v) is 12.9. The zero-order valence-electron chi connectivity index (χ0n) is 19.5. The van der Waals surface area contributed by atoms with Crippen molar-refractivity contribution in [3.8, 4) is 0 Å². The molecule has 11 heteroatoms. The number of thiophene rings is 1. The Morgan fingerprint density at radius 3 is 2.43 bits per heavy atom. The molecule has 1 saturated heterocycles. The van der Waals surface area contributed by atoms with Crippen LogP contribution >= 0.6 is 23.1 Å². The number of benzene rings is 1. The van der Waals surface area contributed by atoms with Crippen LogP contribution in [0.4, 0.5) is 5.69 Å². The molecule has 0 aliphatic carbocycles. The van der Waals surface area contributed by atoms with Crippen LogP contribution in [0.2, 0.25) is 0 Å². The van der Waals surface area contributed by atoms with Gasteiger partial charge in [-0.2, -0.15) is 11.3 Å². The van der Waals surface area contributed by atoms with Gasteiger partial charge in [0.1, 0.15) is 0 Å². The molecule has 2 N–H and O–H groups in total. The van der Waals surface area contributed by atoms with E-state index >= 15 is 0 Å². The largest absolute Gasteiger partial charge is 0.473 e. The highest BCUT2D eigenvalue weighted by Gasteiger charge is 2.41. The monoisotopic (exact) mass is 520 g/mol. The standard InChI is InChI=1S/C22H26N2O3S2.C2H2O4/c1-15(25)27-20-21(16-10-13-28-14-16)29-19-8-4-3-7-18(19)24(22(20)26)12-9-17-6-5-11-23(17)2;3-1(4)2(5)6/h3-4,7-8,10,13-14,17,20-21H,5-6,9,11-12H2,1-2H3;(H,3,4)(H,5,6)/t17?,20-,21+;/m1./s1. The van der Waals surface area contributed by atoms with Crippen LogP contribution in [0.25, 0.3) is 0 Å². The summed E-state index contributed by atoms with van der Waals surface area (Å²) in [6.45, 7) is 3.11. The number of likely N-dealkylation sites (tertiary alicyclic amines) is 1. The van der Waals surface area contributed by atoms with Gasteiger partial charge < -0.3 is 24.7 Å². The Bertz CT molecular complexity index is 1050. The Morgan fingerprint density at radius 2 is 1.86 bits per heavy atom. The number of anilines is 1. The fourth-order valence-corrected chi connectivity index (χ4v) is 6.29. The second-order valence-electron chi connectivity index (χ2n) is 8.26. The maximum absolute atomic E-state index is 13.7. The number of carbonyl (C=O) groups is 4. The fourth-order valence-electron chi connectivity index (χ4n) is 4.20. The highest BCUT2D eigenvalue weighted by molar-refractivity contribution is 7.99. The van der Waals surface area contributed by atoms with Gasteiger partial charge in [0.15, 0.2) is 6.10 Å². The molecule has 188 valence electrons. The minimum absolute atomic E-state index is 0.130. The zero-order chi connectivity index (χ0) is 25.5. The SMILES string of the molecule is CC(=O)O[C@H]1C(=O)N(CCC2CCCN2C)c2ccccc2S[C@H]1c1ccsc1.O=C(O)C(=O)O. The van der Waals surface area contributed by atoms with Crippen molar-refractivity contribution in [2.75, 3.05) is 25.0 Å². The van der Waals surface area contributed by atoms with E-state index in [-0.39, 0.29) is 11.2 Å². The van der Waals surface area contributed by atoms with Crippen molar-refractivity contribution in [3.63, 3.8) is 0 Å². The van der Waals surface area contributed by atoms with E-state index in [4.69, 9.17) is 24.5 Å². The molecule has 0 radical (unpaired) electrons. The summed E-state index contributed by atoms with van der Waals surface area (Å²) in [7, 11) is 2.15. The van der Waals surface area contributed by atoms with Crippen molar-refractivity contribution >= 4 is 52.6 Å². The van der Waals surface area contributed by atoms with E-state index < -0.39 is 24.0 Å². The van der Waals surface area contributed by atoms with Crippen molar-refractivity contribution in [2.45, 2.75) is 48.5 Å². The van der Waals surface area contributed by atoms with Crippen LogP contribution < -0.4 is 4.90 Å². The van der Waals surface area contributed by atoms with Crippen LogP contribution in [-0.4, -0.2) is 71.2 Å². The molecular weight excluding hydrogens is 492 g/mol. The Balaban J connectivity index is 0.000000509. The third kappa shape index (κ3) is 6.83. The highest BCUT2D eigenvalue weighted by atomic mass is 32.2. The maximum Gasteiger partial charge on any atom is 0.414 e. The maximum atomic E-state index is 13.7. The van der Waals surface area contributed by atoms with Crippen LogP contribution in [0.15, 0.2) is 46.0 Å². The smallest absolute Gasteiger partial charge is 0.414 e. The minimum Gasteiger partial charge on any atom is -0.473 e. The van der Waals surface area contributed by atoms with Gasteiger partial charge in [-0.05, 0) is 67.4 Å². The molecule has 1 amide bonds. The Labute approximate surface area is 211 Å². The fraction of sp³-hybridized carbons (Fsp3) is 0.417. The molecule has 1 aromatic carbocycles. The number of hydrogen-bond donors (Lipinski definition) is 2. The van der Waals surface area contributed by atoms with Crippen LogP contribution in [0.5, 0.6) is 0 Å². The number of ether oxygens (including phenoxy) is 1. The summed E-state index contributed by atoms with van der Waals surface area (Å²) in [4.78, 5) is 49.0. The molecular formula is C24H28N2O7S2. The second-order valence-corrected chi connectivity index (χ2v) is 10.2. The number of carboxylic acids is 2. The predicted octanol–water partition coefficient (Wildman–Crippen LogP) is 3.50. The number of rotatable bonds is 5. The van der Waals surface area contributed by atoms with Gasteiger partial charge in [0.05, 0.1) is 10.9 Å². The first-order chi connectivity index (χ1) is 16.7. The normalized spacial score (nSPS) is 21.9. The number of carbonyl (C=O) groups excluding carboxylic acids is 2. The van der Waals surface area contributed by atoms with E-state index in [1.165, 1.54) is 19.8 Å². The second kappa shape index (κ2) is 12.2. The van der Waals surface area contributed by atoms with E-state index in [1.54, 1.807) is 23.1 Å². The van der Waals surface area contributed by atoms with E-state index in [9.17, 15) is 9.59 Å². The number of aliphatic carboxylic acids is 2. The summed E-state index contributed by atoms with van der Waals surface area (Å²) < 4.78 is 5.62. The average Bonchev–Trinajstić information content (AvgIpc) is 3.47.